The van der Waals surface area contributed by atoms with Crippen LogP contribution in [0.3, 0.4) is 0 Å². The lowest BCUT2D eigenvalue weighted by atomic mass is 10.0. The van der Waals surface area contributed by atoms with Crippen LogP contribution in [0, 0.1) is 5.92 Å². The van der Waals surface area contributed by atoms with Crippen molar-refractivity contribution < 1.29 is 34.2 Å². The maximum Gasteiger partial charge on any atom is 0.326 e. The maximum atomic E-state index is 12.7. The number of aliphatic hydroxyl groups excluding tert-OH is 1. The van der Waals surface area contributed by atoms with Gasteiger partial charge in [-0.1, -0.05) is 13.8 Å². The van der Waals surface area contributed by atoms with Crippen LogP contribution in [0.1, 0.15) is 46.5 Å². The van der Waals surface area contributed by atoms with E-state index in [2.05, 4.69) is 16.0 Å². The highest BCUT2D eigenvalue weighted by Crippen LogP contribution is 2.05. The second-order valence-electron chi connectivity index (χ2n) is 7.91. The summed E-state index contributed by atoms with van der Waals surface area (Å²) in [4.78, 5) is 60.2. The molecule has 0 aliphatic carbocycles. The molecule has 0 spiro atoms. The van der Waals surface area contributed by atoms with Gasteiger partial charge in [0.1, 0.15) is 18.1 Å². The van der Waals surface area contributed by atoms with Crippen molar-refractivity contribution in [2.45, 2.75) is 76.7 Å². The number of carboxylic acids is 1. The molecule has 0 radical (unpaired) electrons. The maximum absolute atomic E-state index is 12.7. The van der Waals surface area contributed by atoms with Crippen LogP contribution in [0.2, 0.25) is 0 Å². The Kier molecular flexibility index (Phi) is 13.1. The second-order valence-corrected chi connectivity index (χ2v) is 7.91. The van der Waals surface area contributed by atoms with E-state index in [4.69, 9.17) is 17.2 Å². The molecule has 0 aromatic rings. The number of nitrogens with one attached hydrogen (secondary N) is 3. The van der Waals surface area contributed by atoms with Gasteiger partial charge in [0, 0.05) is 0 Å². The Labute approximate surface area is 186 Å². The summed E-state index contributed by atoms with van der Waals surface area (Å²) in [5.74, 6) is -5.08. The minimum Gasteiger partial charge on any atom is -0.480 e. The zero-order chi connectivity index (χ0) is 25.0. The normalized spacial score (nSPS) is 15.7. The quantitative estimate of drug-likeness (QED) is 0.115. The van der Waals surface area contributed by atoms with Gasteiger partial charge in [0.15, 0.2) is 0 Å². The summed E-state index contributed by atoms with van der Waals surface area (Å²) >= 11 is 0. The van der Waals surface area contributed by atoms with Crippen molar-refractivity contribution in [1.82, 2.24) is 16.0 Å². The highest BCUT2D eigenvalue weighted by molar-refractivity contribution is 5.96. The van der Waals surface area contributed by atoms with E-state index in [0.717, 1.165) is 0 Å². The van der Waals surface area contributed by atoms with Gasteiger partial charge in [0.25, 0.3) is 0 Å². The van der Waals surface area contributed by atoms with Crippen LogP contribution < -0.4 is 33.2 Å². The largest absolute Gasteiger partial charge is 0.480 e. The van der Waals surface area contributed by atoms with Crippen LogP contribution in [0.15, 0.2) is 0 Å². The molecule has 0 aromatic carbocycles. The van der Waals surface area contributed by atoms with Gasteiger partial charge in [-0.3, -0.25) is 19.2 Å². The van der Waals surface area contributed by atoms with E-state index >= 15 is 0 Å². The van der Waals surface area contributed by atoms with Gasteiger partial charge in [-0.05, 0) is 38.6 Å². The number of carbonyl (C=O) groups is 5. The van der Waals surface area contributed by atoms with Crippen molar-refractivity contribution in [3.05, 3.63) is 0 Å². The Hall–Kier alpha value is -2.77. The molecule has 5 atom stereocenters. The molecule has 13 heteroatoms. The first-order valence-electron chi connectivity index (χ1n) is 10.4. The van der Waals surface area contributed by atoms with Crippen LogP contribution >= 0.6 is 0 Å². The van der Waals surface area contributed by atoms with E-state index in [9.17, 15) is 34.2 Å². The predicted molar refractivity (Wildman–Crippen MR) is 115 cm³/mol. The molecule has 0 bridgehead atoms. The fourth-order valence-corrected chi connectivity index (χ4v) is 2.65. The average molecular weight is 461 g/mol. The van der Waals surface area contributed by atoms with Gasteiger partial charge in [-0.25, -0.2) is 4.79 Å². The number of rotatable bonds is 15. The lowest BCUT2D eigenvalue weighted by Crippen LogP contribution is -2.60. The minimum atomic E-state index is -1.52. The first-order valence-corrected chi connectivity index (χ1v) is 10.4. The lowest BCUT2D eigenvalue weighted by Gasteiger charge is -2.26. The Bertz CT molecular complexity index is 671. The van der Waals surface area contributed by atoms with Crippen LogP contribution in [0.5, 0.6) is 0 Å². The first-order chi connectivity index (χ1) is 14.8. The lowest BCUT2D eigenvalue weighted by molar-refractivity contribution is -0.142. The van der Waals surface area contributed by atoms with Gasteiger partial charge in [-0.15, -0.1) is 0 Å². The zero-order valence-electron chi connectivity index (χ0n) is 18.7. The van der Waals surface area contributed by atoms with Crippen LogP contribution in [-0.4, -0.2) is 76.6 Å². The molecule has 0 fully saturated rings. The number of hydrogen-bond acceptors (Lipinski definition) is 8. The Balaban J connectivity index is 5.41. The highest BCUT2D eigenvalue weighted by atomic mass is 16.4. The number of unbranched alkanes of at least 4 members (excludes halogenated alkanes) is 1. The minimum absolute atomic E-state index is 0.0922. The number of nitrogens with two attached hydrogens (primary N) is 3. The van der Waals surface area contributed by atoms with Gasteiger partial charge >= 0.3 is 5.97 Å². The Morgan fingerprint density at radius 1 is 0.875 bits per heavy atom. The van der Waals surface area contributed by atoms with Crippen molar-refractivity contribution in [3.63, 3.8) is 0 Å². The summed E-state index contributed by atoms with van der Waals surface area (Å²) in [5, 5.41) is 26.0. The summed E-state index contributed by atoms with van der Waals surface area (Å²) in [6, 6.07) is -5.21. The third-order valence-corrected chi connectivity index (χ3v) is 4.68. The Morgan fingerprint density at radius 2 is 1.44 bits per heavy atom. The van der Waals surface area contributed by atoms with Gasteiger partial charge in [-0.2, -0.15) is 0 Å². The van der Waals surface area contributed by atoms with Crippen molar-refractivity contribution in [1.29, 1.82) is 0 Å². The first kappa shape index (κ1) is 29.2. The topological polar surface area (TPSA) is 240 Å². The SMILES string of the molecule is CC(C)C(N)C(=O)NC(C(=O)NC(CC(N)=O)C(=O)NC(CCCCN)C(=O)O)C(C)O. The van der Waals surface area contributed by atoms with Gasteiger partial charge in [0.2, 0.25) is 23.6 Å². The third kappa shape index (κ3) is 10.5. The van der Waals surface area contributed by atoms with E-state index in [1.54, 1.807) is 13.8 Å². The molecule has 13 nitrogen and oxygen atoms in total. The second kappa shape index (κ2) is 14.3. The summed E-state index contributed by atoms with van der Waals surface area (Å²) in [5.41, 5.74) is 16.3. The molecular formula is C19H36N6O7. The molecule has 11 N–H and O–H groups in total. The number of carboxylic acid groups (broad SMARTS) is 1. The zero-order valence-corrected chi connectivity index (χ0v) is 18.7. The molecule has 4 amide bonds. The van der Waals surface area contributed by atoms with Crippen molar-refractivity contribution in [3.8, 4) is 0 Å². The van der Waals surface area contributed by atoms with Gasteiger partial charge in [0.05, 0.1) is 18.6 Å². The van der Waals surface area contributed by atoms with Crippen LogP contribution in [-0.2, 0) is 24.0 Å². The number of aliphatic carboxylic acids is 1. The number of hydrogen-bond donors (Lipinski definition) is 8. The molecule has 0 aliphatic rings. The van der Waals surface area contributed by atoms with E-state index in [0.29, 0.717) is 19.4 Å². The summed E-state index contributed by atoms with van der Waals surface area (Å²) < 4.78 is 0. The molecule has 5 unspecified atom stereocenters. The summed E-state index contributed by atoms with van der Waals surface area (Å²) in [6.07, 6.45) is -0.908. The van der Waals surface area contributed by atoms with Crippen molar-refractivity contribution >= 4 is 29.6 Å². The van der Waals surface area contributed by atoms with Crippen LogP contribution in [0.4, 0.5) is 0 Å². The van der Waals surface area contributed by atoms with E-state index in [-0.39, 0.29) is 12.3 Å². The van der Waals surface area contributed by atoms with Crippen molar-refractivity contribution in [2.24, 2.45) is 23.1 Å². The molecule has 0 aromatic heterocycles. The number of amides is 4. The van der Waals surface area contributed by atoms with E-state index < -0.39 is 66.3 Å². The van der Waals surface area contributed by atoms with Crippen LogP contribution in [0.25, 0.3) is 0 Å². The highest BCUT2D eigenvalue weighted by Gasteiger charge is 2.33. The molecule has 184 valence electrons. The van der Waals surface area contributed by atoms with Gasteiger partial charge < -0.3 is 43.4 Å². The molecule has 0 rings (SSSR count). The Morgan fingerprint density at radius 3 is 1.88 bits per heavy atom. The molecule has 0 saturated heterocycles. The summed E-state index contributed by atoms with van der Waals surface area (Å²) in [6.45, 7) is 4.99. The molecule has 0 aliphatic heterocycles. The average Bonchev–Trinajstić information content (AvgIpc) is 2.68. The fourth-order valence-electron chi connectivity index (χ4n) is 2.65. The molecule has 0 saturated carbocycles. The van der Waals surface area contributed by atoms with E-state index in [1.807, 2.05) is 0 Å². The van der Waals surface area contributed by atoms with E-state index in [1.165, 1.54) is 6.92 Å². The fraction of sp³-hybridized carbons (Fsp3) is 0.737. The molecule has 0 heterocycles. The molecule has 32 heavy (non-hydrogen) atoms. The standard InChI is InChI=1S/C19H36N6O7/c1-9(2)14(22)17(29)25-15(10(3)26)18(30)24-12(8-13(21)27)16(28)23-11(19(31)32)6-4-5-7-20/h9-12,14-15,26H,4-8,20,22H2,1-3H3,(H2,21,27)(H,23,28)(H,24,30)(H,25,29)(H,31,32). The summed E-state index contributed by atoms with van der Waals surface area (Å²) in [7, 11) is 0. The smallest absolute Gasteiger partial charge is 0.326 e. The number of primary amides is 1. The molecular weight excluding hydrogens is 424 g/mol. The predicted octanol–water partition coefficient (Wildman–Crippen LogP) is -3.11. The third-order valence-electron chi connectivity index (χ3n) is 4.68. The number of aliphatic hydroxyl groups is 1. The van der Waals surface area contributed by atoms with Crippen molar-refractivity contribution in [2.75, 3.05) is 6.54 Å². The number of carbonyl (C=O) groups excluding carboxylic acids is 4. The monoisotopic (exact) mass is 460 g/mol.